The standard InChI is InChI=1S/C21H20BrN5O3/c1-21(2,3)30-20(29)25(4)27(16-7-5-14(12-23)6-8-16)19(28)15-9-10-26-18(11-15)17(22)13-24-26/h5-11,13H,1-4H3. The van der Waals surface area contributed by atoms with Crippen LogP contribution in [0.15, 0.2) is 53.3 Å². The molecule has 3 aromatic rings. The minimum atomic E-state index is -0.730. The Labute approximate surface area is 182 Å². The maximum Gasteiger partial charge on any atom is 0.429 e. The number of carbonyl (C=O) groups is 2. The van der Waals surface area contributed by atoms with E-state index in [-0.39, 0.29) is 0 Å². The predicted octanol–water partition coefficient (Wildman–Crippen LogP) is 4.40. The minimum Gasteiger partial charge on any atom is -0.442 e. The van der Waals surface area contributed by atoms with E-state index in [9.17, 15) is 9.59 Å². The van der Waals surface area contributed by atoms with Crippen molar-refractivity contribution in [3.63, 3.8) is 0 Å². The summed E-state index contributed by atoms with van der Waals surface area (Å²) >= 11 is 3.41. The number of amides is 2. The number of ether oxygens (including phenoxy) is 1. The van der Waals surface area contributed by atoms with Gasteiger partial charge in [0, 0.05) is 18.8 Å². The van der Waals surface area contributed by atoms with Gasteiger partial charge in [-0.25, -0.2) is 19.3 Å². The largest absolute Gasteiger partial charge is 0.442 e. The second kappa shape index (κ2) is 8.16. The van der Waals surface area contributed by atoms with Crippen molar-refractivity contribution in [3.05, 3.63) is 64.4 Å². The summed E-state index contributed by atoms with van der Waals surface area (Å²) in [5.74, 6) is -0.441. The molecule has 2 amide bonds. The molecular weight excluding hydrogens is 450 g/mol. The molecule has 1 aromatic carbocycles. The summed E-state index contributed by atoms with van der Waals surface area (Å²) in [6, 6.07) is 11.7. The first kappa shape index (κ1) is 21.3. The Morgan fingerprint density at radius 2 is 1.87 bits per heavy atom. The highest BCUT2D eigenvalue weighted by molar-refractivity contribution is 9.10. The fourth-order valence-corrected chi connectivity index (χ4v) is 3.11. The van der Waals surface area contributed by atoms with Gasteiger partial charge in [0.05, 0.1) is 33.5 Å². The number of nitrogens with zero attached hydrogens (tertiary/aromatic N) is 5. The molecule has 30 heavy (non-hydrogen) atoms. The average Bonchev–Trinajstić information content (AvgIpc) is 3.07. The van der Waals surface area contributed by atoms with Gasteiger partial charge in [-0.15, -0.1) is 0 Å². The normalized spacial score (nSPS) is 11.1. The summed E-state index contributed by atoms with van der Waals surface area (Å²) in [6.45, 7) is 5.24. The number of fused-ring (bicyclic) bond motifs is 1. The van der Waals surface area contributed by atoms with E-state index >= 15 is 0 Å². The van der Waals surface area contributed by atoms with E-state index in [1.807, 2.05) is 6.07 Å². The molecule has 0 unspecified atom stereocenters. The van der Waals surface area contributed by atoms with Gasteiger partial charge in [0.2, 0.25) is 0 Å². The van der Waals surface area contributed by atoms with Gasteiger partial charge in [0.1, 0.15) is 5.60 Å². The highest BCUT2D eigenvalue weighted by atomic mass is 79.9. The third kappa shape index (κ3) is 4.44. The summed E-state index contributed by atoms with van der Waals surface area (Å²) in [4.78, 5) is 26.1. The van der Waals surface area contributed by atoms with Crippen LogP contribution < -0.4 is 5.01 Å². The minimum absolute atomic E-state index is 0.350. The molecule has 0 aliphatic rings. The molecule has 0 spiro atoms. The zero-order valence-electron chi connectivity index (χ0n) is 17.0. The molecule has 0 aliphatic carbocycles. The van der Waals surface area contributed by atoms with Crippen molar-refractivity contribution in [2.45, 2.75) is 26.4 Å². The molecule has 9 heteroatoms. The smallest absolute Gasteiger partial charge is 0.429 e. The number of rotatable bonds is 2. The SMILES string of the molecule is CN(C(=O)OC(C)(C)C)N(C(=O)c1ccn2ncc(Br)c2c1)c1ccc(C#N)cc1. The molecule has 2 heterocycles. The lowest BCUT2D eigenvalue weighted by atomic mass is 10.2. The van der Waals surface area contributed by atoms with E-state index in [0.717, 1.165) is 9.48 Å². The molecule has 0 atom stereocenters. The molecule has 0 saturated heterocycles. The Balaban J connectivity index is 2.04. The van der Waals surface area contributed by atoms with Gasteiger partial charge in [0.25, 0.3) is 5.91 Å². The van der Waals surface area contributed by atoms with E-state index < -0.39 is 17.6 Å². The summed E-state index contributed by atoms with van der Waals surface area (Å²) < 4.78 is 7.80. The number of nitriles is 1. The number of hydrogen-bond donors (Lipinski definition) is 0. The summed E-state index contributed by atoms with van der Waals surface area (Å²) in [5, 5.41) is 15.6. The molecule has 8 nitrogen and oxygen atoms in total. The number of hydrazine groups is 1. The predicted molar refractivity (Wildman–Crippen MR) is 115 cm³/mol. The highest BCUT2D eigenvalue weighted by Gasteiger charge is 2.29. The zero-order valence-corrected chi connectivity index (χ0v) is 18.5. The van der Waals surface area contributed by atoms with Crippen LogP contribution in [0.4, 0.5) is 10.5 Å². The number of pyridine rings is 1. The first-order chi connectivity index (χ1) is 14.1. The Morgan fingerprint density at radius 1 is 1.20 bits per heavy atom. The average molecular weight is 470 g/mol. The maximum atomic E-state index is 13.5. The number of halogens is 1. The topological polar surface area (TPSA) is 90.9 Å². The Hall–Kier alpha value is -3.38. The van der Waals surface area contributed by atoms with E-state index in [2.05, 4.69) is 21.0 Å². The quantitative estimate of drug-likeness (QED) is 0.518. The zero-order chi connectivity index (χ0) is 22.1. The van der Waals surface area contributed by atoms with Gasteiger partial charge in [-0.1, -0.05) is 0 Å². The van der Waals surface area contributed by atoms with Crippen molar-refractivity contribution in [1.82, 2.24) is 14.6 Å². The summed E-state index contributed by atoms with van der Waals surface area (Å²) in [6.07, 6.45) is 2.61. The maximum absolute atomic E-state index is 13.5. The highest BCUT2D eigenvalue weighted by Crippen LogP contribution is 2.24. The molecule has 2 aromatic heterocycles. The Morgan fingerprint density at radius 3 is 2.47 bits per heavy atom. The second-order valence-electron chi connectivity index (χ2n) is 7.52. The lowest BCUT2D eigenvalue weighted by Gasteiger charge is -2.33. The molecule has 3 rings (SSSR count). The van der Waals surface area contributed by atoms with Gasteiger partial charge >= 0.3 is 6.09 Å². The van der Waals surface area contributed by atoms with Crippen LogP contribution in [-0.2, 0) is 4.74 Å². The van der Waals surface area contributed by atoms with Crippen LogP contribution >= 0.6 is 15.9 Å². The van der Waals surface area contributed by atoms with Crippen molar-refractivity contribution >= 4 is 39.1 Å². The first-order valence-corrected chi connectivity index (χ1v) is 9.84. The van der Waals surface area contributed by atoms with Gasteiger partial charge < -0.3 is 4.74 Å². The van der Waals surface area contributed by atoms with Gasteiger partial charge in [-0.2, -0.15) is 10.4 Å². The fourth-order valence-electron chi connectivity index (χ4n) is 2.72. The van der Waals surface area contributed by atoms with Crippen LogP contribution in [0.1, 0.15) is 36.7 Å². The molecule has 154 valence electrons. The van der Waals surface area contributed by atoms with E-state index in [1.165, 1.54) is 12.1 Å². The van der Waals surface area contributed by atoms with Gasteiger partial charge in [-0.05, 0) is 73.1 Å². The number of anilines is 1. The molecule has 0 aliphatic heterocycles. The fraction of sp³-hybridized carbons (Fsp3) is 0.238. The van der Waals surface area contributed by atoms with Crippen LogP contribution in [0.2, 0.25) is 0 Å². The van der Waals surface area contributed by atoms with Crippen LogP contribution in [0.5, 0.6) is 0 Å². The van der Waals surface area contributed by atoms with Crippen molar-refractivity contribution in [2.75, 3.05) is 12.1 Å². The number of benzene rings is 1. The van der Waals surface area contributed by atoms with Crippen molar-refractivity contribution in [3.8, 4) is 6.07 Å². The lowest BCUT2D eigenvalue weighted by molar-refractivity contribution is 0.0268. The molecule has 0 radical (unpaired) electrons. The Kier molecular flexibility index (Phi) is 5.80. The van der Waals surface area contributed by atoms with Gasteiger partial charge in [0.15, 0.2) is 0 Å². The van der Waals surface area contributed by atoms with E-state index in [0.29, 0.717) is 22.3 Å². The third-order valence-electron chi connectivity index (χ3n) is 4.11. The van der Waals surface area contributed by atoms with Crippen molar-refractivity contribution in [1.29, 1.82) is 5.26 Å². The lowest BCUT2D eigenvalue weighted by Crippen LogP contribution is -2.49. The van der Waals surface area contributed by atoms with Crippen LogP contribution in [0.3, 0.4) is 0 Å². The van der Waals surface area contributed by atoms with Crippen LogP contribution in [0.25, 0.3) is 5.52 Å². The Bertz CT molecular complexity index is 1140. The summed E-state index contributed by atoms with van der Waals surface area (Å²) in [5.41, 5.74) is 1.19. The first-order valence-electron chi connectivity index (χ1n) is 9.05. The van der Waals surface area contributed by atoms with Crippen molar-refractivity contribution in [2.24, 2.45) is 0 Å². The van der Waals surface area contributed by atoms with E-state index in [4.69, 9.17) is 10.00 Å². The summed E-state index contributed by atoms with van der Waals surface area (Å²) in [7, 11) is 1.46. The molecular formula is C21H20BrN5O3. The molecule has 0 saturated carbocycles. The molecule has 0 fully saturated rings. The van der Waals surface area contributed by atoms with Crippen molar-refractivity contribution < 1.29 is 14.3 Å². The van der Waals surface area contributed by atoms with E-state index in [1.54, 1.807) is 74.1 Å². The molecule has 0 bridgehead atoms. The number of carbonyl (C=O) groups excluding carboxylic acids is 2. The monoisotopic (exact) mass is 469 g/mol. The second-order valence-corrected chi connectivity index (χ2v) is 8.37. The van der Waals surface area contributed by atoms with Gasteiger partial charge in [-0.3, -0.25) is 4.79 Å². The number of hydrogen-bond acceptors (Lipinski definition) is 5. The molecule has 0 N–H and O–H groups in total. The van der Waals surface area contributed by atoms with Crippen LogP contribution in [0, 0.1) is 11.3 Å². The number of aromatic nitrogens is 2. The van der Waals surface area contributed by atoms with Crippen LogP contribution in [-0.4, -0.2) is 39.3 Å². The third-order valence-corrected chi connectivity index (χ3v) is 4.72.